The third-order valence-corrected chi connectivity index (χ3v) is 4.35. The van der Waals surface area contributed by atoms with Crippen LogP contribution in [0.25, 0.3) is 0 Å². The molecule has 96 valence electrons. The molecule has 0 aromatic carbocycles. The molecule has 0 radical (unpaired) electrons. The van der Waals surface area contributed by atoms with Crippen molar-refractivity contribution < 1.29 is 0 Å². The predicted molar refractivity (Wildman–Crippen MR) is 74.8 cm³/mol. The van der Waals surface area contributed by atoms with Crippen LogP contribution in [0, 0.1) is 11.8 Å². The summed E-state index contributed by atoms with van der Waals surface area (Å²) >= 11 is 0. The first-order valence-electron chi connectivity index (χ1n) is 7.42. The molecule has 1 heteroatoms. The summed E-state index contributed by atoms with van der Waals surface area (Å²) in [6.07, 6.45) is 18.0. The van der Waals surface area contributed by atoms with Gasteiger partial charge in [0.25, 0.3) is 0 Å². The topological polar surface area (TPSA) is 3.24 Å². The first-order valence-corrected chi connectivity index (χ1v) is 7.42. The zero-order chi connectivity index (χ0) is 11.9. The minimum atomic E-state index is 0.845. The highest BCUT2D eigenvalue weighted by molar-refractivity contribution is 4.92. The maximum Gasteiger partial charge on any atom is 0.0172 e. The molecule has 17 heavy (non-hydrogen) atoms. The molecule has 1 heterocycles. The van der Waals surface area contributed by atoms with E-state index in [0.29, 0.717) is 0 Å². The Morgan fingerprint density at radius 2 is 1.71 bits per heavy atom. The molecule has 2 rings (SSSR count). The molecule has 0 amide bonds. The van der Waals surface area contributed by atoms with Crippen molar-refractivity contribution in [2.75, 3.05) is 13.1 Å². The molecular formula is C16H27N. The molecular weight excluding hydrogens is 206 g/mol. The number of piperidine rings is 1. The molecule has 1 saturated heterocycles. The lowest BCUT2D eigenvalue weighted by molar-refractivity contribution is 0.293. The van der Waals surface area contributed by atoms with E-state index in [9.17, 15) is 0 Å². The summed E-state index contributed by atoms with van der Waals surface area (Å²) in [6.45, 7) is 6.41. The van der Waals surface area contributed by atoms with E-state index in [1.807, 2.05) is 0 Å². The summed E-state index contributed by atoms with van der Waals surface area (Å²) < 4.78 is 0. The summed E-state index contributed by atoms with van der Waals surface area (Å²) in [7, 11) is 0. The molecule has 1 saturated carbocycles. The quantitative estimate of drug-likeness (QED) is 0.652. The van der Waals surface area contributed by atoms with Gasteiger partial charge in [-0.15, -0.1) is 6.58 Å². The molecule has 0 N–H and O–H groups in total. The Morgan fingerprint density at radius 1 is 1.00 bits per heavy atom. The van der Waals surface area contributed by atoms with Crippen molar-refractivity contribution in [3.63, 3.8) is 0 Å². The second kappa shape index (κ2) is 6.88. The molecule has 2 aliphatic rings. The average molecular weight is 233 g/mol. The van der Waals surface area contributed by atoms with Crippen LogP contribution in [-0.2, 0) is 0 Å². The molecule has 0 unspecified atom stereocenters. The van der Waals surface area contributed by atoms with Crippen LogP contribution in [0.15, 0.2) is 24.9 Å². The van der Waals surface area contributed by atoms with Crippen LogP contribution in [0.5, 0.6) is 0 Å². The molecule has 0 aromatic heterocycles. The number of nitrogens with zero attached hydrogens (tertiary/aromatic N) is 1. The smallest absolute Gasteiger partial charge is 0.0172 e. The van der Waals surface area contributed by atoms with Gasteiger partial charge in [0, 0.05) is 13.1 Å². The first kappa shape index (κ1) is 12.7. The Balaban J connectivity index is 1.69. The predicted octanol–water partition coefficient (Wildman–Crippen LogP) is 4.37. The maximum atomic E-state index is 3.85. The highest BCUT2D eigenvalue weighted by atomic mass is 15.1. The summed E-state index contributed by atoms with van der Waals surface area (Å²) in [5, 5.41) is 0. The number of hydrogen-bond acceptors (Lipinski definition) is 1. The molecule has 2 fully saturated rings. The normalized spacial score (nSPS) is 30.7. The van der Waals surface area contributed by atoms with E-state index in [0.717, 1.165) is 11.8 Å². The van der Waals surface area contributed by atoms with Crippen LogP contribution < -0.4 is 0 Å². The molecule has 0 atom stereocenters. The first-order chi connectivity index (χ1) is 8.38. The molecule has 1 aliphatic heterocycles. The minimum absolute atomic E-state index is 0.845. The zero-order valence-electron chi connectivity index (χ0n) is 11.1. The van der Waals surface area contributed by atoms with E-state index in [4.69, 9.17) is 0 Å². The van der Waals surface area contributed by atoms with E-state index in [-0.39, 0.29) is 0 Å². The summed E-state index contributed by atoms with van der Waals surface area (Å²) in [4.78, 5) is 2.51. The minimum Gasteiger partial charge on any atom is -0.378 e. The van der Waals surface area contributed by atoms with E-state index >= 15 is 0 Å². The standard InChI is InChI=1S/C16H27N/c1-2-6-15-7-9-16(10-8-15)11-14-17-12-4-3-5-13-17/h2,11,14-16H,1,3-10,12-13H2/b14-11+. The molecule has 1 nitrogen and oxygen atoms in total. The van der Waals surface area contributed by atoms with Gasteiger partial charge < -0.3 is 4.90 Å². The van der Waals surface area contributed by atoms with Crippen LogP contribution in [0.2, 0.25) is 0 Å². The second-order valence-electron chi connectivity index (χ2n) is 5.74. The molecule has 0 spiro atoms. The lowest BCUT2D eigenvalue weighted by Crippen LogP contribution is -2.24. The monoisotopic (exact) mass is 233 g/mol. The van der Waals surface area contributed by atoms with E-state index in [2.05, 4.69) is 29.8 Å². The fourth-order valence-electron chi connectivity index (χ4n) is 3.16. The van der Waals surface area contributed by atoms with Crippen molar-refractivity contribution in [2.24, 2.45) is 11.8 Å². The number of rotatable bonds is 4. The lowest BCUT2D eigenvalue weighted by atomic mass is 9.80. The van der Waals surface area contributed by atoms with Crippen LogP contribution in [-0.4, -0.2) is 18.0 Å². The van der Waals surface area contributed by atoms with Gasteiger partial charge in [-0.2, -0.15) is 0 Å². The van der Waals surface area contributed by atoms with Gasteiger partial charge in [-0.1, -0.05) is 12.2 Å². The summed E-state index contributed by atoms with van der Waals surface area (Å²) in [5.74, 6) is 1.77. The number of hydrogen-bond donors (Lipinski definition) is 0. The van der Waals surface area contributed by atoms with Crippen molar-refractivity contribution >= 4 is 0 Å². The van der Waals surface area contributed by atoms with Crippen molar-refractivity contribution in [3.05, 3.63) is 24.9 Å². The third-order valence-electron chi connectivity index (χ3n) is 4.35. The Labute approximate surface area is 107 Å². The average Bonchev–Trinajstić information content (AvgIpc) is 2.40. The highest BCUT2D eigenvalue weighted by Crippen LogP contribution is 2.31. The van der Waals surface area contributed by atoms with Gasteiger partial charge in [0.1, 0.15) is 0 Å². The molecule has 1 aliphatic carbocycles. The van der Waals surface area contributed by atoms with Gasteiger partial charge in [-0.3, -0.25) is 0 Å². The fourth-order valence-corrected chi connectivity index (χ4v) is 3.16. The highest BCUT2D eigenvalue weighted by Gasteiger charge is 2.18. The van der Waals surface area contributed by atoms with Crippen molar-refractivity contribution in [1.29, 1.82) is 0 Å². The Bertz CT molecular complexity index is 242. The van der Waals surface area contributed by atoms with Gasteiger partial charge >= 0.3 is 0 Å². The van der Waals surface area contributed by atoms with Crippen molar-refractivity contribution in [1.82, 2.24) is 4.90 Å². The fraction of sp³-hybridized carbons (Fsp3) is 0.750. The second-order valence-corrected chi connectivity index (χ2v) is 5.74. The summed E-state index contributed by atoms with van der Waals surface area (Å²) in [6, 6.07) is 0. The van der Waals surface area contributed by atoms with Crippen molar-refractivity contribution in [2.45, 2.75) is 51.4 Å². The van der Waals surface area contributed by atoms with Gasteiger partial charge in [-0.25, -0.2) is 0 Å². The molecule has 0 aromatic rings. The van der Waals surface area contributed by atoms with Crippen LogP contribution >= 0.6 is 0 Å². The Morgan fingerprint density at radius 3 is 2.35 bits per heavy atom. The van der Waals surface area contributed by atoms with Crippen LogP contribution in [0.4, 0.5) is 0 Å². The van der Waals surface area contributed by atoms with Crippen molar-refractivity contribution in [3.8, 4) is 0 Å². The van der Waals surface area contributed by atoms with Gasteiger partial charge in [-0.05, 0) is 69.4 Å². The Hall–Kier alpha value is -0.720. The van der Waals surface area contributed by atoms with E-state index in [1.54, 1.807) is 0 Å². The van der Waals surface area contributed by atoms with Gasteiger partial charge in [0.15, 0.2) is 0 Å². The van der Waals surface area contributed by atoms with Gasteiger partial charge in [0.2, 0.25) is 0 Å². The van der Waals surface area contributed by atoms with E-state index in [1.165, 1.54) is 64.5 Å². The number of likely N-dealkylation sites (tertiary alicyclic amines) is 1. The number of allylic oxidation sites excluding steroid dienone is 2. The maximum absolute atomic E-state index is 3.85. The zero-order valence-corrected chi connectivity index (χ0v) is 11.1. The SMILES string of the molecule is C=CCC1CCC(/C=C/N2CCCCC2)CC1. The van der Waals surface area contributed by atoms with Gasteiger partial charge in [0.05, 0.1) is 0 Å². The lowest BCUT2D eigenvalue weighted by Gasteiger charge is -2.28. The van der Waals surface area contributed by atoms with E-state index < -0.39 is 0 Å². The summed E-state index contributed by atoms with van der Waals surface area (Å²) in [5.41, 5.74) is 0. The third kappa shape index (κ3) is 4.22. The molecule has 0 bridgehead atoms. The Kier molecular flexibility index (Phi) is 5.15. The van der Waals surface area contributed by atoms with Crippen LogP contribution in [0.3, 0.4) is 0 Å². The van der Waals surface area contributed by atoms with Crippen LogP contribution in [0.1, 0.15) is 51.4 Å². The largest absolute Gasteiger partial charge is 0.378 e.